The first-order chi connectivity index (χ1) is 9.58. The number of H-pyrrole nitrogens is 1. The highest BCUT2D eigenvalue weighted by molar-refractivity contribution is 9.11. The Kier molecular flexibility index (Phi) is 3.39. The van der Waals surface area contributed by atoms with E-state index in [9.17, 15) is 0 Å². The third kappa shape index (κ3) is 2.27. The van der Waals surface area contributed by atoms with Crippen LogP contribution in [0.25, 0.3) is 22.6 Å². The van der Waals surface area contributed by atoms with Gasteiger partial charge in [0.1, 0.15) is 5.82 Å². The molecule has 0 fully saturated rings. The molecule has 7 heteroatoms. The van der Waals surface area contributed by atoms with Gasteiger partial charge in [-0.25, -0.2) is 4.98 Å². The Hall–Kier alpha value is -1.60. The Labute approximate surface area is 131 Å². The number of pyridine rings is 1. The van der Waals surface area contributed by atoms with E-state index >= 15 is 0 Å². The van der Waals surface area contributed by atoms with Crippen LogP contribution in [0.4, 0.5) is 5.69 Å². The summed E-state index contributed by atoms with van der Waals surface area (Å²) in [6.07, 6.45) is 0. The predicted octanol–water partition coefficient (Wildman–Crippen LogP) is 3.74. The number of benzene rings is 1. The van der Waals surface area contributed by atoms with Gasteiger partial charge in [0, 0.05) is 20.6 Å². The summed E-state index contributed by atoms with van der Waals surface area (Å²) in [6.45, 7) is 0. The number of hydrogen-bond acceptors (Lipinski definition) is 4. The van der Waals surface area contributed by atoms with Crippen LogP contribution < -0.4 is 10.5 Å². The lowest BCUT2D eigenvalue weighted by Gasteiger charge is -2.05. The Morgan fingerprint density at radius 3 is 2.75 bits per heavy atom. The van der Waals surface area contributed by atoms with Crippen molar-refractivity contribution in [3.05, 3.63) is 33.2 Å². The number of anilines is 1. The number of hydrogen-bond donors (Lipinski definition) is 2. The first kappa shape index (κ1) is 13.4. The molecule has 3 aromatic rings. The van der Waals surface area contributed by atoms with Gasteiger partial charge >= 0.3 is 0 Å². The number of nitrogens with zero attached hydrogens (tertiary/aromatic N) is 2. The number of fused-ring (bicyclic) bond motifs is 1. The molecule has 0 unspecified atom stereocenters. The molecular formula is C13H10Br2N4O. The van der Waals surface area contributed by atoms with Crippen LogP contribution in [0, 0.1) is 0 Å². The fourth-order valence-corrected chi connectivity index (χ4v) is 3.12. The Balaban J connectivity index is 2.20. The Morgan fingerprint density at radius 2 is 2.00 bits per heavy atom. The Bertz CT molecular complexity index is 800. The molecule has 0 aliphatic rings. The molecule has 102 valence electrons. The maximum Gasteiger partial charge on any atom is 0.215 e. The number of aromatic nitrogens is 3. The number of methoxy groups -OCH3 is 1. The minimum absolute atomic E-state index is 0.527. The van der Waals surface area contributed by atoms with Crippen molar-refractivity contribution >= 4 is 48.7 Å². The normalized spacial score (nSPS) is 10.9. The number of ether oxygens (including phenoxy) is 1. The van der Waals surface area contributed by atoms with E-state index in [2.05, 4.69) is 46.8 Å². The van der Waals surface area contributed by atoms with E-state index in [1.54, 1.807) is 13.2 Å². The van der Waals surface area contributed by atoms with E-state index in [4.69, 9.17) is 10.5 Å². The van der Waals surface area contributed by atoms with Crippen molar-refractivity contribution in [1.82, 2.24) is 15.0 Å². The molecule has 2 aromatic heterocycles. The number of halogens is 2. The van der Waals surface area contributed by atoms with E-state index in [1.807, 2.05) is 18.2 Å². The number of rotatable bonds is 2. The van der Waals surface area contributed by atoms with Crippen molar-refractivity contribution in [2.24, 2.45) is 0 Å². The highest BCUT2D eigenvalue weighted by Crippen LogP contribution is 2.34. The largest absolute Gasteiger partial charge is 0.481 e. The molecule has 0 saturated carbocycles. The van der Waals surface area contributed by atoms with Gasteiger partial charge in [-0.2, -0.15) is 4.98 Å². The second kappa shape index (κ2) is 5.06. The van der Waals surface area contributed by atoms with Gasteiger partial charge in [0.25, 0.3) is 0 Å². The molecule has 0 spiro atoms. The van der Waals surface area contributed by atoms with Gasteiger partial charge < -0.3 is 15.5 Å². The van der Waals surface area contributed by atoms with Crippen molar-refractivity contribution in [2.75, 3.05) is 12.8 Å². The predicted molar refractivity (Wildman–Crippen MR) is 85.7 cm³/mol. The smallest absolute Gasteiger partial charge is 0.215 e. The lowest BCUT2D eigenvalue weighted by Crippen LogP contribution is -1.93. The van der Waals surface area contributed by atoms with Crippen molar-refractivity contribution in [3.8, 4) is 17.3 Å². The van der Waals surface area contributed by atoms with Crippen LogP contribution in [0.15, 0.2) is 33.2 Å². The fraction of sp³-hybridized carbons (Fsp3) is 0.0769. The molecule has 2 heterocycles. The second-order valence-electron chi connectivity index (χ2n) is 4.16. The summed E-state index contributed by atoms with van der Waals surface area (Å²) in [5.41, 5.74) is 8.94. The molecule has 5 nitrogen and oxygen atoms in total. The molecule has 0 bridgehead atoms. The van der Waals surface area contributed by atoms with Gasteiger partial charge in [-0.15, -0.1) is 0 Å². The van der Waals surface area contributed by atoms with Crippen molar-refractivity contribution in [2.45, 2.75) is 0 Å². The topological polar surface area (TPSA) is 76.8 Å². The zero-order valence-electron chi connectivity index (χ0n) is 10.4. The maximum absolute atomic E-state index is 6.09. The minimum Gasteiger partial charge on any atom is -0.481 e. The molecule has 20 heavy (non-hydrogen) atoms. The molecule has 0 amide bonds. The van der Waals surface area contributed by atoms with Gasteiger partial charge in [-0.05, 0) is 34.1 Å². The van der Waals surface area contributed by atoms with Gasteiger partial charge in [-0.3, -0.25) is 0 Å². The van der Waals surface area contributed by atoms with Gasteiger partial charge in [0.2, 0.25) is 5.88 Å². The number of nitrogen functional groups attached to an aromatic ring is 1. The quantitative estimate of drug-likeness (QED) is 0.645. The van der Waals surface area contributed by atoms with Crippen LogP contribution in [0.2, 0.25) is 0 Å². The maximum atomic E-state index is 6.09. The summed E-state index contributed by atoms with van der Waals surface area (Å²) in [7, 11) is 1.57. The minimum atomic E-state index is 0.527. The lowest BCUT2D eigenvalue weighted by atomic mass is 10.2. The van der Waals surface area contributed by atoms with Crippen molar-refractivity contribution in [3.63, 3.8) is 0 Å². The molecule has 3 N–H and O–H groups in total. The van der Waals surface area contributed by atoms with Crippen LogP contribution in [0.5, 0.6) is 5.88 Å². The average molecular weight is 398 g/mol. The van der Waals surface area contributed by atoms with E-state index in [0.29, 0.717) is 23.0 Å². The summed E-state index contributed by atoms with van der Waals surface area (Å²) in [6, 6.07) is 7.46. The third-order valence-corrected chi connectivity index (χ3v) is 3.99. The summed E-state index contributed by atoms with van der Waals surface area (Å²) in [4.78, 5) is 12.0. The number of imidazole rings is 1. The molecule has 0 aliphatic heterocycles. The Morgan fingerprint density at radius 1 is 1.20 bits per heavy atom. The second-order valence-corrected chi connectivity index (χ2v) is 5.93. The number of aromatic amines is 1. The average Bonchev–Trinajstić information content (AvgIpc) is 2.85. The van der Waals surface area contributed by atoms with Crippen molar-refractivity contribution in [1.29, 1.82) is 0 Å². The van der Waals surface area contributed by atoms with Crippen LogP contribution >= 0.6 is 31.9 Å². The zero-order valence-corrected chi connectivity index (χ0v) is 13.6. The highest BCUT2D eigenvalue weighted by Gasteiger charge is 2.13. The van der Waals surface area contributed by atoms with Crippen LogP contribution in [0.1, 0.15) is 0 Å². The molecule has 1 aromatic carbocycles. The number of nitrogens with two attached hydrogens (primary N) is 1. The van der Waals surface area contributed by atoms with E-state index in [0.717, 1.165) is 20.0 Å². The third-order valence-electron chi connectivity index (χ3n) is 2.88. The molecule has 0 saturated heterocycles. The summed E-state index contributed by atoms with van der Waals surface area (Å²) >= 11 is 6.88. The SMILES string of the molecule is COc1ccc2[nH]c(-c3cc(Br)cc(Br)c3N)nc2n1. The molecule has 0 aliphatic carbocycles. The van der Waals surface area contributed by atoms with Gasteiger partial charge in [-0.1, -0.05) is 15.9 Å². The lowest BCUT2D eigenvalue weighted by molar-refractivity contribution is 0.399. The van der Waals surface area contributed by atoms with Crippen LogP contribution in [0.3, 0.4) is 0 Å². The van der Waals surface area contributed by atoms with Crippen LogP contribution in [-0.4, -0.2) is 22.1 Å². The summed E-state index contributed by atoms with van der Waals surface area (Å²) in [5.74, 6) is 1.19. The molecule has 3 rings (SSSR count). The highest BCUT2D eigenvalue weighted by atomic mass is 79.9. The van der Waals surface area contributed by atoms with E-state index in [1.165, 1.54) is 0 Å². The van der Waals surface area contributed by atoms with Gasteiger partial charge in [0.05, 0.1) is 18.3 Å². The van der Waals surface area contributed by atoms with E-state index in [-0.39, 0.29) is 0 Å². The summed E-state index contributed by atoms with van der Waals surface area (Å²) in [5, 5.41) is 0. The standard InChI is InChI=1S/C13H10Br2N4O/c1-20-10-3-2-9-13(18-10)19-12(17-9)7-4-6(14)5-8(15)11(7)16/h2-5H,16H2,1H3,(H,17,18,19). The first-order valence-electron chi connectivity index (χ1n) is 5.74. The molecule has 0 radical (unpaired) electrons. The fourth-order valence-electron chi connectivity index (χ4n) is 1.90. The summed E-state index contributed by atoms with van der Waals surface area (Å²) < 4.78 is 6.82. The monoisotopic (exact) mass is 396 g/mol. The number of nitrogens with one attached hydrogen (secondary N) is 1. The zero-order chi connectivity index (χ0) is 14.3. The van der Waals surface area contributed by atoms with E-state index < -0.39 is 0 Å². The molecular weight excluding hydrogens is 388 g/mol. The van der Waals surface area contributed by atoms with Gasteiger partial charge in [0.15, 0.2) is 5.65 Å². The van der Waals surface area contributed by atoms with Crippen molar-refractivity contribution < 1.29 is 4.74 Å². The van der Waals surface area contributed by atoms with Crippen LogP contribution in [-0.2, 0) is 0 Å². The first-order valence-corrected chi connectivity index (χ1v) is 7.32. The molecule has 0 atom stereocenters.